The van der Waals surface area contributed by atoms with Crippen molar-refractivity contribution in [2.75, 3.05) is 5.32 Å². The zero-order valence-corrected chi connectivity index (χ0v) is 20.2. The third-order valence-electron chi connectivity index (χ3n) is 5.78. The van der Waals surface area contributed by atoms with Gasteiger partial charge in [-0.05, 0) is 47.9 Å². The Kier molecular flexibility index (Phi) is 6.68. The zero-order chi connectivity index (χ0) is 26.9. The molecule has 4 aromatic rings. The molecule has 1 aliphatic rings. The van der Waals surface area contributed by atoms with Gasteiger partial charge in [0.2, 0.25) is 0 Å². The number of carbonyl (C=O) groups is 1. The molecule has 0 fully saturated rings. The number of carbonyl (C=O) groups excluding carboxylic acids is 1. The molecule has 4 N–H and O–H groups in total. The highest BCUT2D eigenvalue weighted by Crippen LogP contribution is 2.36. The van der Waals surface area contributed by atoms with E-state index in [4.69, 9.17) is 16.3 Å². The maximum absolute atomic E-state index is 13.2. The number of hydrogen-bond acceptors (Lipinski definition) is 4. The summed E-state index contributed by atoms with van der Waals surface area (Å²) < 4.78 is 45.6. The molecule has 12 heteroatoms. The minimum atomic E-state index is -4.66. The number of rotatable bonds is 5. The predicted molar refractivity (Wildman–Crippen MR) is 137 cm³/mol. The minimum absolute atomic E-state index is 0.0537. The van der Waals surface area contributed by atoms with Gasteiger partial charge in [0.05, 0.1) is 16.6 Å². The fourth-order valence-electron chi connectivity index (χ4n) is 4.07. The van der Waals surface area contributed by atoms with Crippen LogP contribution in [0.5, 0.6) is 5.75 Å². The van der Waals surface area contributed by atoms with Gasteiger partial charge in [0.15, 0.2) is 11.4 Å². The first-order chi connectivity index (χ1) is 18.2. The second-order valence-electron chi connectivity index (χ2n) is 8.37. The molecule has 0 saturated heterocycles. The minimum Gasteiger partial charge on any atom is -0.455 e. The van der Waals surface area contributed by atoms with Crippen LogP contribution in [-0.2, 0) is 6.18 Å². The lowest BCUT2D eigenvalue weighted by molar-refractivity contribution is -0.137. The monoisotopic (exact) mass is 541 g/mol. The number of hydrogen-bond donors (Lipinski definition) is 4. The number of benzene rings is 2. The van der Waals surface area contributed by atoms with Gasteiger partial charge >= 0.3 is 17.9 Å². The number of halogens is 4. The number of alkyl halides is 3. The van der Waals surface area contributed by atoms with E-state index in [9.17, 15) is 22.8 Å². The van der Waals surface area contributed by atoms with E-state index in [-0.39, 0.29) is 5.69 Å². The van der Waals surface area contributed by atoms with Crippen molar-refractivity contribution in [1.29, 1.82) is 0 Å². The third-order valence-corrected chi connectivity index (χ3v) is 6.11. The number of H-pyrrole nitrogens is 2. The van der Waals surface area contributed by atoms with Crippen molar-refractivity contribution >= 4 is 40.1 Å². The van der Waals surface area contributed by atoms with Crippen molar-refractivity contribution in [3.05, 3.63) is 105 Å². The van der Waals surface area contributed by atoms with Crippen molar-refractivity contribution in [2.45, 2.75) is 18.6 Å². The summed E-state index contributed by atoms with van der Waals surface area (Å²) in [5.74, 6) is 0.861. The summed E-state index contributed by atoms with van der Waals surface area (Å²) in [4.78, 5) is 33.8. The molecule has 2 amide bonds. The molecule has 2 aromatic heterocycles. The van der Waals surface area contributed by atoms with Gasteiger partial charge in [0, 0.05) is 18.0 Å². The standard InChI is InChI=1S/C26H19ClF3N5O3/c27-19-8-6-15(12-18(19)26(28,29)30)32-24(36)33-20-9-7-16(13-17(20)14-4-2-1-3-5-14)38-21-10-11-31-23-22(21)34-25(37)35-23/h1-8,10-13,20H,9H2,(H2,32,33,36)(H2,31,34,35,37). The Labute approximate surface area is 218 Å². The van der Waals surface area contributed by atoms with E-state index in [2.05, 4.69) is 25.6 Å². The summed E-state index contributed by atoms with van der Waals surface area (Å²) in [7, 11) is 0. The van der Waals surface area contributed by atoms with Gasteiger partial charge in [-0.15, -0.1) is 0 Å². The lowest BCUT2D eigenvalue weighted by atomic mass is 9.92. The Morgan fingerprint density at radius 1 is 1.11 bits per heavy atom. The van der Waals surface area contributed by atoms with Crippen LogP contribution in [-0.4, -0.2) is 27.0 Å². The fourth-order valence-corrected chi connectivity index (χ4v) is 4.29. The molecule has 8 nitrogen and oxygen atoms in total. The highest BCUT2D eigenvalue weighted by atomic mass is 35.5. The summed E-state index contributed by atoms with van der Waals surface area (Å²) in [6.45, 7) is 0. The summed E-state index contributed by atoms with van der Waals surface area (Å²) >= 11 is 5.67. The number of aromatic nitrogens is 3. The highest BCUT2D eigenvalue weighted by molar-refractivity contribution is 6.31. The van der Waals surface area contributed by atoms with Crippen LogP contribution in [0.2, 0.25) is 5.02 Å². The number of aromatic amines is 2. The van der Waals surface area contributed by atoms with E-state index in [0.717, 1.165) is 23.3 Å². The van der Waals surface area contributed by atoms with Crippen LogP contribution in [0.3, 0.4) is 0 Å². The Morgan fingerprint density at radius 2 is 1.89 bits per heavy atom. The first kappa shape index (κ1) is 25.2. The number of imidazole rings is 1. The van der Waals surface area contributed by atoms with Crippen LogP contribution in [0.4, 0.5) is 23.7 Å². The lowest BCUT2D eigenvalue weighted by Crippen LogP contribution is -2.39. The third kappa shape index (κ3) is 5.42. The number of ether oxygens (including phenoxy) is 1. The van der Waals surface area contributed by atoms with Gasteiger partial charge in [-0.2, -0.15) is 13.2 Å². The number of anilines is 1. The average molecular weight is 542 g/mol. The van der Waals surface area contributed by atoms with E-state index in [1.54, 1.807) is 18.2 Å². The van der Waals surface area contributed by atoms with Crippen molar-refractivity contribution in [2.24, 2.45) is 0 Å². The van der Waals surface area contributed by atoms with Crippen LogP contribution in [0.15, 0.2) is 83.5 Å². The molecule has 1 aliphatic carbocycles. The van der Waals surface area contributed by atoms with Gasteiger partial charge in [-0.3, -0.25) is 4.98 Å². The Bertz CT molecular complexity index is 1630. The van der Waals surface area contributed by atoms with Crippen molar-refractivity contribution in [3.63, 3.8) is 0 Å². The predicted octanol–water partition coefficient (Wildman–Crippen LogP) is 5.86. The molecule has 0 spiro atoms. The first-order valence-electron chi connectivity index (χ1n) is 11.3. The van der Waals surface area contributed by atoms with Gasteiger partial charge in [0.1, 0.15) is 11.3 Å². The number of nitrogens with one attached hydrogen (secondary N) is 4. The summed E-state index contributed by atoms with van der Waals surface area (Å²) in [6, 6.07) is 12.8. The molecular weight excluding hydrogens is 523 g/mol. The fraction of sp³-hybridized carbons (Fsp3) is 0.115. The van der Waals surface area contributed by atoms with Gasteiger partial charge in [-0.1, -0.05) is 41.9 Å². The molecule has 1 atom stereocenters. The molecule has 5 rings (SSSR count). The highest BCUT2D eigenvalue weighted by Gasteiger charge is 2.33. The second kappa shape index (κ2) is 10.1. The lowest BCUT2D eigenvalue weighted by Gasteiger charge is -2.25. The molecule has 38 heavy (non-hydrogen) atoms. The normalized spacial score (nSPS) is 15.5. The van der Waals surface area contributed by atoms with Crippen LogP contribution < -0.4 is 21.1 Å². The molecule has 0 aliphatic heterocycles. The first-order valence-corrected chi connectivity index (χ1v) is 11.7. The SMILES string of the molecule is O=C(Nc1ccc(Cl)c(C(F)(F)F)c1)NC1CC=C(Oc2ccnc3[nH]c(=O)[nH]c23)C=C1c1ccccc1. The van der Waals surface area contributed by atoms with Crippen molar-refractivity contribution in [3.8, 4) is 5.75 Å². The molecule has 2 aromatic carbocycles. The van der Waals surface area contributed by atoms with Crippen molar-refractivity contribution < 1.29 is 22.7 Å². The number of amides is 2. The topological polar surface area (TPSA) is 112 Å². The quantitative estimate of drug-likeness (QED) is 0.253. The van der Waals surface area contributed by atoms with Crippen LogP contribution in [0, 0.1) is 0 Å². The molecule has 2 heterocycles. The maximum Gasteiger partial charge on any atom is 0.417 e. The van der Waals surface area contributed by atoms with E-state index < -0.39 is 34.5 Å². The van der Waals surface area contributed by atoms with E-state index in [1.165, 1.54) is 12.3 Å². The van der Waals surface area contributed by atoms with E-state index >= 15 is 0 Å². The Morgan fingerprint density at radius 3 is 2.66 bits per heavy atom. The molecular formula is C26H19ClF3N5O3. The number of nitrogens with zero attached hydrogens (tertiary/aromatic N) is 1. The van der Waals surface area contributed by atoms with Gasteiger partial charge < -0.3 is 20.4 Å². The van der Waals surface area contributed by atoms with Crippen molar-refractivity contribution in [1.82, 2.24) is 20.3 Å². The Hall–Kier alpha value is -4.51. The molecule has 1 unspecified atom stereocenters. The summed E-state index contributed by atoms with van der Waals surface area (Å²) in [6.07, 6.45) is 0.689. The summed E-state index contributed by atoms with van der Waals surface area (Å²) in [5, 5.41) is 4.79. The molecule has 0 radical (unpaired) electrons. The zero-order valence-electron chi connectivity index (χ0n) is 19.4. The van der Waals surface area contributed by atoms with Gasteiger partial charge in [0.25, 0.3) is 0 Å². The average Bonchev–Trinajstić information content (AvgIpc) is 3.27. The smallest absolute Gasteiger partial charge is 0.417 e. The van der Waals surface area contributed by atoms with E-state index in [1.807, 2.05) is 30.3 Å². The second-order valence-corrected chi connectivity index (χ2v) is 8.77. The number of allylic oxidation sites excluding steroid dienone is 1. The largest absolute Gasteiger partial charge is 0.455 e. The van der Waals surface area contributed by atoms with E-state index in [0.29, 0.717) is 29.1 Å². The van der Waals surface area contributed by atoms with Crippen LogP contribution in [0.25, 0.3) is 16.7 Å². The molecule has 0 saturated carbocycles. The Balaban J connectivity index is 1.37. The van der Waals surface area contributed by atoms with Crippen LogP contribution >= 0.6 is 11.6 Å². The molecule has 0 bridgehead atoms. The molecule has 194 valence electrons. The van der Waals surface area contributed by atoms with Gasteiger partial charge in [-0.25, -0.2) is 14.6 Å². The number of urea groups is 1. The number of fused-ring (bicyclic) bond motifs is 1. The van der Waals surface area contributed by atoms with Crippen LogP contribution in [0.1, 0.15) is 17.5 Å². The maximum atomic E-state index is 13.2. The summed E-state index contributed by atoms with van der Waals surface area (Å²) in [5.41, 5.74) is 0.781. The number of pyridine rings is 1.